The predicted molar refractivity (Wildman–Crippen MR) is 37.1 cm³/mol. The molecule has 0 aromatic rings. The minimum absolute atomic E-state index is 0.184. The summed E-state index contributed by atoms with van der Waals surface area (Å²) < 4.78 is 24.0. The molecule has 0 aliphatic heterocycles. The fourth-order valence-corrected chi connectivity index (χ4v) is 1.03. The van der Waals surface area contributed by atoms with Gasteiger partial charge < -0.3 is 0 Å². The molecule has 0 aromatic carbocycles. The van der Waals surface area contributed by atoms with Crippen molar-refractivity contribution in [2.45, 2.75) is 26.2 Å². The first-order valence-corrected chi connectivity index (χ1v) is 3.35. The van der Waals surface area contributed by atoms with E-state index < -0.39 is 6.43 Å². The minimum atomic E-state index is -2.30. The van der Waals surface area contributed by atoms with Gasteiger partial charge in [0.25, 0.3) is 6.43 Å². The Kier molecular flexibility index (Phi) is 2.20. The molecule has 0 amide bonds. The van der Waals surface area contributed by atoms with Crippen LogP contribution in [0, 0.1) is 0 Å². The van der Waals surface area contributed by atoms with Crippen LogP contribution in [-0.2, 0) is 0 Å². The van der Waals surface area contributed by atoms with Crippen LogP contribution in [0.15, 0.2) is 23.3 Å². The number of rotatable bonds is 1. The molecule has 1 aliphatic carbocycles. The smallest absolute Gasteiger partial charge is 0.205 e. The van der Waals surface area contributed by atoms with E-state index in [2.05, 4.69) is 0 Å². The molecule has 10 heavy (non-hydrogen) atoms. The van der Waals surface area contributed by atoms with Crippen LogP contribution in [-0.4, -0.2) is 6.43 Å². The van der Waals surface area contributed by atoms with Crippen molar-refractivity contribution in [3.8, 4) is 0 Å². The van der Waals surface area contributed by atoms with Crippen molar-refractivity contribution in [2.75, 3.05) is 0 Å². The highest BCUT2D eigenvalue weighted by Gasteiger charge is 2.10. The molecule has 0 heterocycles. The van der Waals surface area contributed by atoms with Crippen molar-refractivity contribution in [3.63, 3.8) is 0 Å². The molecule has 56 valence electrons. The summed E-state index contributed by atoms with van der Waals surface area (Å²) in [5.41, 5.74) is 1.24. The van der Waals surface area contributed by atoms with Crippen LogP contribution in [0.25, 0.3) is 0 Å². The van der Waals surface area contributed by atoms with Crippen molar-refractivity contribution in [1.29, 1.82) is 0 Å². The molecule has 0 bridgehead atoms. The molecule has 1 rings (SSSR count). The van der Waals surface area contributed by atoms with Crippen LogP contribution in [0.3, 0.4) is 0 Å². The minimum Gasteiger partial charge on any atom is -0.205 e. The van der Waals surface area contributed by atoms with Gasteiger partial charge in [-0.2, -0.15) is 0 Å². The van der Waals surface area contributed by atoms with Crippen LogP contribution in [0.4, 0.5) is 8.78 Å². The lowest BCUT2D eigenvalue weighted by Gasteiger charge is -2.08. The van der Waals surface area contributed by atoms with E-state index in [0.29, 0.717) is 0 Å². The number of alkyl halides is 2. The van der Waals surface area contributed by atoms with Crippen molar-refractivity contribution < 1.29 is 8.78 Å². The first-order valence-electron chi connectivity index (χ1n) is 3.35. The standard InChI is InChI=1S/C8H10F2/c1-6-3-2-4-7(5-6)8(9)10/h4-5,8H,2-3H2,1H3. The summed E-state index contributed by atoms with van der Waals surface area (Å²) in [6, 6.07) is 0. The maximum absolute atomic E-state index is 12.0. The average molecular weight is 144 g/mol. The molecular weight excluding hydrogens is 134 g/mol. The molecule has 0 unspecified atom stereocenters. The molecule has 0 saturated heterocycles. The van der Waals surface area contributed by atoms with Crippen LogP contribution < -0.4 is 0 Å². The van der Waals surface area contributed by atoms with Gasteiger partial charge in [-0.25, -0.2) is 8.78 Å². The predicted octanol–water partition coefficient (Wildman–Crippen LogP) is 2.92. The lowest BCUT2D eigenvalue weighted by atomic mass is 10.0. The van der Waals surface area contributed by atoms with E-state index in [-0.39, 0.29) is 5.57 Å². The van der Waals surface area contributed by atoms with Crippen molar-refractivity contribution in [1.82, 2.24) is 0 Å². The van der Waals surface area contributed by atoms with E-state index in [4.69, 9.17) is 0 Å². The zero-order valence-electron chi connectivity index (χ0n) is 5.90. The highest BCUT2D eigenvalue weighted by atomic mass is 19.3. The molecule has 0 spiro atoms. The summed E-state index contributed by atoms with van der Waals surface area (Å²) in [5.74, 6) is 0. The van der Waals surface area contributed by atoms with E-state index in [9.17, 15) is 8.78 Å². The fraction of sp³-hybridized carbons (Fsp3) is 0.500. The zero-order valence-corrected chi connectivity index (χ0v) is 5.90. The molecule has 0 radical (unpaired) electrons. The monoisotopic (exact) mass is 144 g/mol. The summed E-state index contributed by atoms with van der Waals surface area (Å²) in [5, 5.41) is 0. The molecule has 0 saturated carbocycles. The summed E-state index contributed by atoms with van der Waals surface area (Å²) >= 11 is 0. The number of halogens is 2. The Balaban J connectivity index is 2.69. The molecule has 0 atom stereocenters. The molecule has 0 N–H and O–H groups in total. The van der Waals surface area contributed by atoms with Crippen molar-refractivity contribution in [3.05, 3.63) is 23.3 Å². The van der Waals surface area contributed by atoms with Gasteiger partial charge in [0, 0.05) is 5.57 Å². The number of hydrogen-bond donors (Lipinski definition) is 0. The lowest BCUT2D eigenvalue weighted by molar-refractivity contribution is 0.193. The summed E-state index contributed by atoms with van der Waals surface area (Å²) in [7, 11) is 0. The Morgan fingerprint density at radius 3 is 2.60 bits per heavy atom. The first kappa shape index (κ1) is 7.45. The molecule has 2 heteroatoms. The second-order valence-electron chi connectivity index (χ2n) is 2.53. The molecule has 1 aliphatic rings. The highest BCUT2D eigenvalue weighted by molar-refractivity contribution is 5.28. The van der Waals surface area contributed by atoms with E-state index >= 15 is 0 Å². The van der Waals surface area contributed by atoms with Crippen LogP contribution in [0.2, 0.25) is 0 Å². The summed E-state index contributed by atoms with van der Waals surface area (Å²) in [6.45, 7) is 1.88. The topological polar surface area (TPSA) is 0 Å². The van der Waals surface area contributed by atoms with Gasteiger partial charge >= 0.3 is 0 Å². The van der Waals surface area contributed by atoms with Gasteiger partial charge in [-0.1, -0.05) is 17.7 Å². The maximum Gasteiger partial charge on any atom is 0.263 e. The molecular formula is C8H10F2. The molecule has 0 aromatic heterocycles. The highest BCUT2D eigenvalue weighted by Crippen LogP contribution is 2.20. The van der Waals surface area contributed by atoms with Crippen LogP contribution in [0.1, 0.15) is 19.8 Å². The third kappa shape index (κ3) is 1.66. The lowest BCUT2D eigenvalue weighted by Crippen LogP contribution is -1.98. The van der Waals surface area contributed by atoms with E-state index in [1.54, 1.807) is 12.2 Å². The quantitative estimate of drug-likeness (QED) is 0.530. The fourth-order valence-electron chi connectivity index (χ4n) is 1.03. The van der Waals surface area contributed by atoms with Gasteiger partial charge in [0.05, 0.1) is 0 Å². The SMILES string of the molecule is CC1=CC(C(F)F)=CCC1. The van der Waals surface area contributed by atoms with Gasteiger partial charge in [-0.15, -0.1) is 0 Å². The van der Waals surface area contributed by atoms with Gasteiger partial charge in [0.1, 0.15) is 0 Å². The van der Waals surface area contributed by atoms with Gasteiger partial charge in [0.15, 0.2) is 0 Å². The third-order valence-electron chi connectivity index (χ3n) is 1.58. The number of allylic oxidation sites excluding steroid dienone is 4. The Hall–Kier alpha value is -0.660. The van der Waals surface area contributed by atoms with Crippen LogP contribution in [0.5, 0.6) is 0 Å². The summed E-state index contributed by atoms with van der Waals surface area (Å²) in [4.78, 5) is 0. The van der Waals surface area contributed by atoms with Gasteiger partial charge in [-0.05, 0) is 19.8 Å². The normalized spacial score (nSPS) is 18.8. The molecule has 0 fully saturated rings. The average Bonchev–Trinajstić information content (AvgIpc) is 1.88. The Morgan fingerprint density at radius 1 is 1.50 bits per heavy atom. The summed E-state index contributed by atoms with van der Waals surface area (Å²) in [6.07, 6.45) is 2.58. The maximum atomic E-state index is 12.0. The van der Waals surface area contributed by atoms with Crippen molar-refractivity contribution in [2.24, 2.45) is 0 Å². The first-order chi connectivity index (χ1) is 4.70. The second kappa shape index (κ2) is 2.95. The van der Waals surface area contributed by atoms with E-state index in [1.807, 2.05) is 6.92 Å². The molecule has 0 nitrogen and oxygen atoms in total. The third-order valence-corrected chi connectivity index (χ3v) is 1.58. The largest absolute Gasteiger partial charge is 0.263 e. The van der Waals surface area contributed by atoms with E-state index in [0.717, 1.165) is 18.4 Å². The van der Waals surface area contributed by atoms with Crippen LogP contribution >= 0.6 is 0 Å². The second-order valence-corrected chi connectivity index (χ2v) is 2.53. The zero-order chi connectivity index (χ0) is 7.56. The van der Waals surface area contributed by atoms with Gasteiger partial charge in [-0.3, -0.25) is 0 Å². The van der Waals surface area contributed by atoms with Crippen molar-refractivity contribution >= 4 is 0 Å². The van der Waals surface area contributed by atoms with Gasteiger partial charge in [0.2, 0.25) is 0 Å². The Morgan fingerprint density at radius 2 is 2.20 bits per heavy atom. The Labute approximate surface area is 59.2 Å². The Bertz CT molecular complexity index is 178. The van der Waals surface area contributed by atoms with E-state index in [1.165, 1.54) is 0 Å². The number of hydrogen-bond acceptors (Lipinski definition) is 0.